The normalized spacial score (nSPS) is 14.1. The molecule has 106 valence electrons. The van der Waals surface area contributed by atoms with E-state index >= 15 is 0 Å². The van der Waals surface area contributed by atoms with Crippen LogP contribution in [0.3, 0.4) is 0 Å². The van der Waals surface area contributed by atoms with Gasteiger partial charge in [-0.3, -0.25) is 19.7 Å². The Bertz CT molecular complexity index is 538. The molecule has 7 heteroatoms. The van der Waals surface area contributed by atoms with E-state index in [4.69, 9.17) is 0 Å². The molecule has 1 N–H and O–H groups in total. The van der Waals surface area contributed by atoms with Crippen LogP contribution in [0.2, 0.25) is 0 Å². The van der Waals surface area contributed by atoms with Crippen LogP contribution in [0.1, 0.15) is 23.2 Å². The first kappa shape index (κ1) is 14.0. The van der Waals surface area contributed by atoms with Crippen LogP contribution < -0.4 is 5.32 Å². The highest BCUT2D eigenvalue weighted by Crippen LogP contribution is 2.17. The highest BCUT2D eigenvalue weighted by Gasteiger charge is 2.22. The van der Waals surface area contributed by atoms with Gasteiger partial charge in [-0.2, -0.15) is 0 Å². The van der Waals surface area contributed by atoms with E-state index in [0.717, 1.165) is 12.8 Å². The summed E-state index contributed by atoms with van der Waals surface area (Å²) in [6, 6.07) is 5.67. The Morgan fingerprint density at radius 1 is 1.25 bits per heavy atom. The van der Waals surface area contributed by atoms with E-state index in [9.17, 15) is 19.7 Å². The molecule has 1 saturated heterocycles. The Hall–Kier alpha value is -2.44. The van der Waals surface area contributed by atoms with Gasteiger partial charge in [0.25, 0.3) is 11.6 Å². The summed E-state index contributed by atoms with van der Waals surface area (Å²) >= 11 is 0. The number of hydrogen-bond donors (Lipinski definition) is 1. The van der Waals surface area contributed by atoms with Crippen molar-refractivity contribution in [1.82, 2.24) is 10.2 Å². The van der Waals surface area contributed by atoms with Gasteiger partial charge in [0, 0.05) is 19.2 Å². The van der Waals surface area contributed by atoms with Gasteiger partial charge in [-0.05, 0) is 18.9 Å². The summed E-state index contributed by atoms with van der Waals surface area (Å²) in [6.07, 6.45) is 1.95. The number of nitrogens with zero attached hydrogens (tertiary/aromatic N) is 2. The number of carbonyl (C=O) groups excluding carboxylic acids is 2. The fourth-order valence-corrected chi connectivity index (χ4v) is 2.15. The Morgan fingerprint density at radius 3 is 2.55 bits per heavy atom. The van der Waals surface area contributed by atoms with Crippen LogP contribution in [0.25, 0.3) is 0 Å². The molecule has 0 radical (unpaired) electrons. The zero-order valence-electron chi connectivity index (χ0n) is 10.9. The molecule has 1 aliphatic heterocycles. The topological polar surface area (TPSA) is 92.6 Å². The predicted octanol–water partition coefficient (Wildman–Crippen LogP) is 0.947. The number of benzene rings is 1. The van der Waals surface area contributed by atoms with Crippen LogP contribution in [0.4, 0.5) is 5.69 Å². The van der Waals surface area contributed by atoms with Crippen molar-refractivity contribution in [1.29, 1.82) is 0 Å². The molecule has 1 aromatic rings. The zero-order valence-corrected chi connectivity index (χ0v) is 10.9. The number of likely N-dealkylation sites (tertiary alicyclic amines) is 1. The van der Waals surface area contributed by atoms with Crippen molar-refractivity contribution >= 4 is 17.5 Å². The largest absolute Gasteiger partial charge is 0.343 e. The standard InChI is InChI=1S/C13H15N3O4/c17-12(15-7-3-4-8-15)9-14-13(18)10-5-1-2-6-11(10)16(19)20/h1-2,5-6H,3-4,7-9H2,(H,14,18). The number of amides is 2. The number of nitro benzene ring substituents is 1. The van der Waals surface area contributed by atoms with E-state index in [1.165, 1.54) is 18.2 Å². The Labute approximate surface area is 115 Å². The van der Waals surface area contributed by atoms with Gasteiger partial charge in [0.05, 0.1) is 11.5 Å². The monoisotopic (exact) mass is 277 g/mol. The van der Waals surface area contributed by atoms with Gasteiger partial charge in [0.15, 0.2) is 0 Å². The molecule has 0 aromatic heterocycles. The molecular weight excluding hydrogens is 262 g/mol. The van der Waals surface area contributed by atoms with Gasteiger partial charge < -0.3 is 10.2 Å². The minimum atomic E-state index is -0.614. The second-order valence-corrected chi connectivity index (χ2v) is 4.54. The fourth-order valence-electron chi connectivity index (χ4n) is 2.15. The molecule has 2 amide bonds. The van der Waals surface area contributed by atoms with E-state index in [0.29, 0.717) is 13.1 Å². The number of nitrogens with one attached hydrogen (secondary N) is 1. The number of hydrogen-bond acceptors (Lipinski definition) is 4. The fraction of sp³-hybridized carbons (Fsp3) is 0.385. The van der Waals surface area contributed by atoms with Crippen molar-refractivity contribution in [2.45, 2.75) is 12.8 Å². The third kappa shape index (κ3) is 3.11. The molecule has 0 unspecified atom stereocenters. The lowest BCUT2D eigenvalue weighted by atomic mass is 10.1. The lowest BCUT2D eigenvalue weighted by Gasteiger charge is -2.15. The lowest BCUT2D eigenvalue weighted by molar-refractivity contribution is -0.385. The highest BCUT2D eigenvalue weighted by molar-refractivity contribution is 5.99. The van der Waals surface area contributed by atoms with Crippen LogP contribution in [0.15, 0.2) is 24.3 Å². The molecule has 1 heterocycles. The minimum Gasteiger partial charge on any atom is -0.343 e. The molecule has 1 aromatic carbocycles. The van der Waals surface area contributed by atoms with Crippen LogP contribution in [0, 0.1) is 10.1 Å². The van der Waals surface area contributed by atoms with E-state index in [-0.39, 0.29) is 23.7 Å². The van der Waals surface area contributed by atoms with Crippen molar-refractivity contribution in [2.24, 2.45) is 0 Å². The van der Waals surface area contributed by atoms with Crippen LogP contribution in [0.5, 0.6) is 0 Å². The van der Waals surface area contributed by atoms with Gasteiger partial charge >= 0.3 is 0 Å². The number of para-hydroxylation sites is 1. The molecule has 0 saturated carbocycles. The van der Waals surface area contributed by atoms with Crippen molar-refractivity contribution < 1.29 is 14.5 Å². The average Bonchev–Trinajstić information content (AvgIpc) is 2.98. The first-order chi connectivity index (χ1) is 9.59. The second-order valence-electron chi connectivity index (χ2n) is 4.54. The highest BCUT2D eigenvalue weighted by atomic mass is 16.6. The third-order valence-electron chi connectivity index (χ3n) is 3.20. The van der Waals surface area contributed by atoms with E-state index in [1.807, 2.05) is 0 Å². The first-order valence-electron chi connectivity index (χ1n) is 6.39. The molecule has 0 spiro atoms. The van der Waals surface area contributed by atoms with Crippen LogP contribution in [-0.4, -0.2) is 41.3 Å². The smallest absolute Gasteiger partial charge is 0.282 e. The summed E-state index contributed by atoms with van der Waals surface area (Å²) in [7, 11) is 0. The second kappa shape index (κ2) is 6.14. The Morgan fingerprint density at radius 2 is 1.90 bits per heavy atom. The quantitative estimate of drug-likeness (QED) is 0.655. The summed E-state index contributed by atoms with van der Waals surface area (Å²) < 4.78 is 0. The van der Waals surface area contributed by atoms with Gasteiger partial charge in [0.2, 0.25) is 5.91 Å². The molecule has 0 atom stereocenters. The van der Waals surface area contributed by atoms with Crippen LogP contribution in [-0.2, 0) is 4.79 Å². The molecule has 0 aliphatic carbocycles. The summed E-state index contributed by atoms with van der Waals surface area (Å²) in [6.45, 7) is 1.28. The average molecular weight is 277 g/mol. The van der Waals surface area contributed by atoms with Crippen molar-refractivity contribution in [2.75, 3.05) is 19.6 Å². The van der Waals surface area contributed by atoms with E-state index < -0.39 is 10.8 Å². The number of rotatable bonds is 4. The first-order valence-corrected chi connectivity index (χ1v) is 6.39. The van der Waals surface area contributed by atoms with Gasteiger partial charge in [0.1, 0.15) is 5.56 Å². The summed E-state index contributed by atoms with van der Waals surface area (Å²) in [5.74, 6) is -0.765. The molecular formula is C13H15N3O4. The molecule has 2 rings (SSSR count). The zero-order chi connectivity index (χ0) is 14.5. The Kier molecular flexibility index (Phi) is 4.29. The lowest BCUT2D eigenvalue weighted by Crippen LogP contribution is -2.38. The maximum absolute atomic E-state index is 11.9. The number of carbonyl (C=O) groups is 2. The maximum atomic E-state index is 11.9. The van der Waals surface area contributed by atoms with E-state index in [1.54, 1.807) is 11.0 Å². The summed E-state index contributed by atoms with van der Waals surface area (Å²) in [5, 5.41) is 13.3. The molecule has 7 nitrogen and oxygen atoms in total. The van der Waals surface area contributed by atoms with Crippen molar-refractivity contribution in [3.63, 3.8) is 0 Å². The SMILES string of the molecule is O=C(NCC(=O)N1CCCC1)c1ccccc1[N+](=O)[O-]. The molecule has 0 bridgehead atoms. The van der Waals surface area contributed by atoms with Gasteiger partial charge in [-0.1, -0.05) is 12.1 Å². The minimum absolute atomic E-state index is 0.0354. The van der Waals surface area contributed by atoms with E-state index in [2.05, 4.69) is 5.32 Å². The van der Waals surface area contributed by atoms with Gasteiger partial charge in [-0.25, -0.2) is 0 Å². The van der Waals surface area contributed by atoms with Crippen LogP contribution >= 0.6 is 0 Å². The molecule has 1 aliphatic rings. The predicted molar refractivity (Wildman–Crippen MR) is 71.2 cm³/mol. The third-order valence-corrected chi connectivity index (χ3v) is 3.20. The summed E-state index contributed by atoms with van der Waals surface area (Å²) in [5.41, 5.74) is -0.301. The maximum Gasteiger partial charge on any atom is 0.282 e. The molecule has 1 fully saturated rings. The summed E-state index contributed by atoms with van der Waals surface area (Å²) in [4.78, 5) is 35.6. The Balaban J connectivity index is 1.98. The van der Waals surface area contributed by atoms with Gasteiger partial charge in [-0.15, -0.1) is 0 Å². The van der Waals surface area contributed by atoms with Crippen molar-refractivity contribution in [3.05, 3.63) is 39.9 Å². The van der Waals surface area contributed by atoms with Crippen molar-refractivity contribution in [3.8, 4) is 0 Å². The molecule has 20 heavy (non-hydrogen) atoms. The number of nitro groups is 1.